The van der Waals surface area contributed by atoms with Gasteiger partial charge in [0.2, 0.25) is 11.8 Å². The minimum Gasteiger partial charge on any atom is -0.323 e. The number of fused-ring (bicyclic) bond motifs is 1. The van der Waals surface area contributed by atoms with E-state index in [9.17, 15) is 9.59 Å². The number of rotatable bonds is 3. The molecule has 3 rings (SSSR count). The normalized spacial score (nSPS) is 14.8. The molecule has 6 heteroatoms. The van der Waals surface area contributed by atoms with Crippen molar-refractivity contribution in [3.63, 3.8) is 0 Å². The predicted octanol–water partition coefficient (Wildman–Crippen LogP) is 1.71. The molecule has 1 aromatic heterocycles. The van der Waals surface area contributed by atoms with Crippen LogP contribution in [-0.2, 0) is 9.59 Å². The molecule has 0 atom stereocenters. The number of aromatic nitrogens is 1. The lowest BCUT2D eigenvalue weighted by Gasteiger charge is -2.14. The number of anilines is 1. The number of benzene rings is 1. The number of amides is 2. The Balaban J connectivity index is 1.69. The number of hydrogen-bond donors (Lipinski definition) is 1. The molecule has 20 heavy (non-hydrogen) atoms. The Hall–Kier alpha value is -2.08. The van der Waals surface area contributed by atoms with Crippen LogP contribution in [0.1, 0.15) is 0 Å². The van der Waals surface area contributed by atoms with Crippen molar-refractivity contribution < 1.29 is 9.59 Å². The maximum atomic E-state index is 11.9. The molecule has 1 saturated heterocycles. The Kier molecular flexibility index (Phi) is 3.56. The highest BCUT2D eigenvalue weighted by Gasteiger charge is 2.22. The van der Waals surface area contributed by atoms with Crippen molar-refractivity contribution >= 4 is 40.2 Å². The quantitative estimate of drug-likeness (QED) is 0.933. The van der Waals surface area contributed by atoms with E-state index < -0.39 is 0 Å². The largest absolute Gasteiger partial charge is 0.323 e. The van der Waals surface area contributed by atoms with E-state index in [4.69, 9.17) is 0 Å². The maximum Gasteiger partial charge on any atom is 0.244 e. The van der Waals surface area contributed by atoms with Crippen LogP contribution in [0.5, 0.6) is 0 Å². The topological polar surface area (TPSA) is 62.3 Å². The number of nitrogens with one attached hydrogen (secondary N) is 1. The first-order valence-corrected chi connectivity index (χ1v) is 7.38. The molecule has 1 aromatic carbocycles. The van der Waals surface area contributed by atoms with Gasteiger partial charge in [-0.25, -0.2) is 0 Å². The minimum atomic E-state index is -0.196. The van der Waals surface area contributed by atoms with E-state index in [1.165, 1.54) is 11.8 Å². The van der Waals surface area contributed by atoms with Gasteiger partial charge < -0.3 is 10.2 Å². The Morgan fingerprint density at radius 3 is 3.05 bits per heavy atom. The van der Waals surface area contributed by atoms with Crippen molar-refractivity contribution in [1.82, 2.24) is 9.88 Å². The third-order valence-electron chi connectivity index (χ3n) is 3.03. The molecule has 0 aliphatic carbocycles. The van der Waals surface area contributed by atoms with Crippen molar-refractivity contribution in [2.24, 2.45) is 0 Å². The van der Waals surface area contributed by atoms with E-state index in [-0.39, 0.29) is 18.4 Å². The Labute approximate surface area is 120 Å². The van der Waals surface area contributed by atoms with Crippen molar-refractivity contribution in [3.8, 4) is 0 Å². The number of nitrogens with zero attached hydrogens (tertiary/aromatic N) is 2. The van der Waals surface area contributed by atoms with Gasteiger partial charge in [0.1, 0.15) is 6.54 Å². The zero-order valence-corrected chi connectivity index (χ0v) is 11.5. The molecule has 5 nitrogen and oxygen atoms in total. The summed E-state index contributed by atoms with van der Waals surface area (Å²) < 4.78 is 0. The zero-order chi connectivity index (χ0) is 13.9. The predicted molar refractivity (Wildman–Crippen MR) is 79.4 cm³/mol. The van der Waals surface area contributed by atoms with Crippen LogP contribution < -0.4 is 5.32 Å². The summed E-state index contributed by atoms with van der Waals surface area (Å²) in [4.78, 5) is 29.2. The fourth-order valence-electron chi connectivity index (χ4n) is 2.05. The van der Waals surface area contributed by atoms with E-state index in [1.807, 2.05) is 30.3 Å². The molecule has 1 fully saturated rings. The average molecular weight is 287 g/mol. The first-order valence-electron chi connectivity index (χ1n) is 6.22. The van der Waals surface area contributed by atoms with Crippen molar-refractivity contribution in [3.05, 3.63) is 36.5 Å². The van der Waals surface area contributed by atoms with Gasteiger partial charge in [-0.3, -0.25) is 14.6 Å². The Morgan fingerprint density at radius 1 is 1.40 bits per heavy atom. The Bertz CT molecular complexity index is 674. The molecule has 0 bridgehead atoms. The number of carbonyl (C=O) groups excluding carboxylic acids is 2. The van der Waals surface area contributed by atoms with Crippen LogP contribution in [0.3, 0.4) is 0 Å². The smallest absolute Gasteiger partial charge is 0.244 e. The summed E-state index contributed by atoms with van der Waals surface area (Å²) in [5.74, 6) is 0.868. The first kappa shape index (κ1) is 12.9. The van der Waals surface area contributed by atoms with Crippen LogP contribution in [0.15, 0.2) is 36.5 Å². The average Bonchev–Trinajstić information content (AvgIpc) is 2.84. The minimum absolute atomic E-state index is 0.0155. The van der Waals surface area contributed by atoms with Crippen LogP contribution >= 0.6 is 11.8 Å². The molecule has 1 aliphatic rings. The highest BCUT2D eigenvalue weighted by molar-refractivity contribution is 8.00. The van der Waals surface area contributed by atoms with Crippen molar-refractivity contribution in [2.75, 3.05) is 23.5 Å². The first-order chi connectivity index (χ1) is 9.72. The molecular formula is C14H13N3O2S. The lowest BCUT2D eigenvalue weighted by atomic mass is 10.2. The van der Waals surface area contributed by atoms with Crippen molar-refractivity contribution in [1.29, 1.82) is 0 Å². The summed E-state index contributed by atoms with van der Waals surface area (Å²) in [7, 11) is 0. The summed E-state index contributed by atoms with van der Waals surface area (Å²) in [5.41, 5.74) is 1.53. The fourth-order valence-corrected chi connectivity index (χ4v) is 2.96. The molecule has 2 heterocycles. The number of thioether (sulfide) groups is 1. The molecule has 102 valence electrons. The molecule has 0 saturated carbocycles. The SMILES string of the molecule is O=C(CN1CSCC1=O)Nc1cnc2ccccc2c1. The van der Waals surface area contributed by atoms with Crippen LogP contribution in [0.2, 0.25) is 0 Å². The van der Waals surface area contributed by atoms with Gasteiger partial charge >= 0.3 is 0 Å². The van der Waals surface area contributed by atoms with Gasteiger partial charge in [0, 0.05) is 5.39 Å². The summed E-state index contributed by atoms with van der Waals surface area (Å²) in [6.45, 7) is 0.0959. The van der Waals surface area contributed by atoms with Gasteiger partial charge in [0.05, 0.1) is 29.0 Å². The molecule has 0 unspecified atom stereocenters. The summed E-state index contributed by atoms with van der Waals surface area (Å²) in [6, 6.07) is 9.58. The third kappa shape index (κ3) is 2.75. The van der Waals surface area contributed by atoms with Crippen LogP contribution in [0, 0.1) is 0 Å². The number of para-hydroxylation sites is 1. The molecule has 2 aromatic rings. The third-order valence-corrected chi connectivity index (χ3v) is 3.98. The molecule has 1 aliphatic heterocycles. The Morgan fingerprint density at radius 2 is 2.25 bits per heavy atom. The van der Waals surface area contributed by atoms with Gasteiger partial charge in [-0.05, 0) is 12.1 Å². The standard InChI is InChI=1S/C14H13N3O2S/c18-13(7-17-9-20-8-14(17)19)16-11-5-10-3-1-2-4-12(10)15-6-11/h1-6H,7-9H2,(H,16,18). The van der Waals surface area contributed by atoms with Gasteiger partial charge in [0.15, 0.2) is 0 Å². The number of pyridine rings is 1. The van der Waals surface area contributed by atoms with Crippen molar-refractivity contribution in [2.45, 2.75) is 0 Å². The number of carbonyl (C=O) groups is 2. The van der Waals surface area contributed by atoms with Gasteiger partial charge in [-0.2, -0.15) is 0 Å². The highest BCUT2D eigenvalue weighted by Crippen LogP contribution is 2.17. The highest BCUT2D eigenvalue weighted by atomic mass is 32.2. The van der Waals surface area contributed by atoms with Crippen LogP contribution in [0.4, 0.5) is 5.69 Å². The second-order valence-corrected chi connectivity index (χ2v) is 5.49. The van der Waals surface area contributed by atoms with E-state index in [0.29, 0.717) is 17.3 Å². The summed E-state index contributed by atoms with van der Waals surface area (Å²) in [6.07, 6.45) is 1.63. The molecular weight excluding hydrogens is 274 g/mol. The molecule has 0 radical (unpaired) electrons. The summed E-state index contributed by atoms with van der Waals surface area (Å²) in [5, 5.41) is 3.75. The lowest BCUT2D eigenvalue weighted by Crippen LogP contribution is -2.34. The molecule has 2 amide bonds. The second-order valence-electron chi connectivity index (χ2n) is 4.53. The molecule has 0 spiro atoms. The molecule has 1 N–H and O–H groups in total. The zero-order valence-electron chi connectivity index (χ0n) is 10.7. The van der Waals surface area contributed by atoms with E-state index in [1.54, 1.807) is 11.1 Å². The monoisotopic (exact) mass is 287 g/mol. The van der Waals surface area contributed by atoms with E-state index >= 15 is 0 Å². The second kappa shape index (κ2) is 5.50. The van der Waals surface area contributed by atoms with Gasteiger partial charge in [-0.15, -0.1) is 11.8 Å². The van der Waals surface area contributed by atoms with E-state index in [0.717, 1.165) is 10.9 Å². The fraction of sp³-hybridized carbons (Fsp3) is 0.214. The lowest BCUT2D eigenvalue weighted by molar-refractivity contribution is -0.130. The van der Waals surface area contributed by atoms with E-state index in [2.05, 4.69) is 10.3 Å². The van der Waals surface area contributed by atoms with Gasteiger partial charge in [0.25, 0.3) is 0 Å². The number of hydrogen-bond acceptors (Lipinski definition) is 4. The summed E-state index contributed by atoms with van der Waals surface area (Å²) >= 11 is 1.52. The van der Waals surface area contributed by atoms with Gasteiger partial charge in [-0.1, -0.05) is 18.2 Å². The van der Waals surface area contributed by atoms with Crippen LogP contribution in [-0.4, -0.2) is 39.9 Å². The van der Waals surface area contributed by atoms with Crippen LogP contribution in [0.25, 0.3) is 10.9 Å². The maximum absolute atomic E-state index is 11.9.